The summed E-state index contributed by atoms with van der Waals surface area (Å²) in [6.45, 7) is 3.94. The van der Waals surface area contributed by atoms with Gasteiger partial charge in [0, 0.05) is 16.8 Å². The Balaban J connectivity index is 2.14. The van der Waals surface area contributed by atoms with Crippen LogP contribution in [0.1, 0.15) is 11.5 Å². The second kappa shape index (κ2) is 4.69. The molecule has 3 aromatic rings. The average Bonchev–Trinajstić information content (AvgIpc) is 2.39. The number of benzene rings is 2. The molecule has 2 aromatic carbocycles. The van der Waals surface area contributed by atoms with Crippen molar-refractivity contribution < 1.29 is 0 Å². The fourth-order valence-electron chi connectivity index (χ4n) is 2.29. The lowest BCUT2D eigenvalue weighted by Gasteiger charge is -2.11. The standard InChI is InChI=1S/C16H15N3/c1-11-16-14(18-12(2)17-11)9-6-10-15(16)19-13-7-4-3-5-8-13/h3-10,19H,1-2H3. The minimum atomic E-state index is 0.807. The Morgan fingerprint density at radius 3 is 2.42 bits per heavy atom. The highest BCUT2D eigenvalue weighted by molar-refractivity contribution is 5.94. The van der Waals surface area contributed by atoms with E-state index in [0.717, 1.165) is 33.8 Å². The van der Waals surface area contributed by atoms with Gasteiger partial charge in [0.2, 0.25) is 0 Å². The van der Waals surface area contributed by atoms with Crippen molar-refractivity contribution in [1.82, 2.24) is 9.97 Å². The van der Waals surface area contributed by atoms with Crippen molar-refractivity contribution >= 4 is 22.3 Å². The van der Waals surface area contributed by atoms with Crippen LogP contribution in [0.15, 0.2) is 48.5 Å². The molecule has 0 bridgehead atoms. The SMILES string of the molecule is Cc1nc(C)c2c(Nc3ccccc3)cccc2n1. The van der Waals surface area contributed by atoms with Gasteiger partial charge in [-0.1, -0.05) is 24.3 Å². The zero-order valence-electron chi connectivity index (χ0n) is 11.0. The van der Waals surface area contributed by atoms with Crippen LogP contribution in [0, 0.1) is 13.8 Å². The van der Waals surface area contributed by atoms with Crippen LogP contribution in [0.2, 0.25) is 0 Å². The van der Waals surface area contributed by atoms with Crippen molar-refractivity contribution in [2.24, 2.45) is 0 Å². The fourth-order valence-corrected chi connectivity index (χ4v) is 2.29. The zero-order chi connectivity index (χ0) is 13.2. The quantitative estimate of drug-likeness (QED) is 0.746. The predicted molar refractivity (Wildman–Crippen MR) is 78.7 cm³/mol. The number of rotatable bonds is 2. The number of hydrogen-bond acceptors (Lipinski definition) is 3. The maximum atomic E-state index is 4.49. The van der Waals surface area contributed by atoms with Gasteiger partial charge in [-0.05, 0) is 38.1 Å². The van der Waals surface area contributed by atoms with Gasteiger partial charge >= 0.3 is 0 Å². The molecule has 19 heavy (non-hydrogen) atoms. The van der Waals surface area contributed by atoms with Crippen LogP contribution in [0.4, 0.5) is 11.4 Å². The first-order chi connectivity index (χ1) is 9.24. The van der Waals surface area contributed by atoms with Crippen LogP contribution in [0.3, 0.4) is 0 Å². The van der Waals surface area contributed by atoms with E-state index in [2.05, 4.69) is 21.4 Å². The van der Waals surface area contributed by atoms with Gasteiger partial charge in [-0.15, -0.1) is 0 Å². The summed E-state index contributed by atoms with van der Waals surface area (Å²) in [7, 11) is 0. The number of hydrogen-bond donors (Lipinski definition) is 1. The van der Waals surface area contributed by atoms with E-state index in [-0.39, 0.29) is 0 Å². The number of nitrogens with zero attached hydrogens (tertiary/aromatic N) is 2. The molecule has 1 heterocycles. The molecule has 0 aliphatic heterocycles. The first-order valence-electron chi connectivity index (χ1n) is 6.30. The molecule has 0 aliphatic carbocycles. The molecule has 0 unspecified atom stereocenters. The molecule has 0 saturated carbocycles. The van der Waals surface area contributed by atoms with Gasteiger partial charge in [-0.25, -0.2) is 9.97 Å². The summed E-state index contributed by atoms with van der Waals surface area (Å²) >= 11 is 0. The van der Waals surface area contributed by atoms with Crippen molar-refractivity contribution in [2.75, 3.05) is 5.32 Å². The summed E-state index contributed by atoms with van der Waals surface area (Å²) in [5.74, 6) is 0.807. The van der Waals surface area contributed by atoms with Crippen molar-refractivity contribution in [3.05, 3.63) is 60.0 Å². The third-order valence-corrected chi connectivity index (χ3v) is 3.07. The monoisotopic (exact) mass is 249 g/mol. The van der Waals surface area contributed by atoms with Crippen molar-refractivity contribution in [3.8, 4) is 0 Å². The summed E-state index contributed by atoms with van der Waals surface area (Å²) in [6.07, 6.45) is 0. The largest absolute Gasteiger partial charge is 0.355 e. The molecule has 0 aliphatic rings. The Bertz CT molecular complexity index is 721. The summed E-state index contributed by atoms with van der Waals surface area (Å²) in [6, 6.07) is 16.2. The van der Waals surface area contributed by atoms with Gasteiger partial charge in [0.15, 0.2) is 0 Å². The van der Waals surface area contributed by atoms with Crippen LogP contribution in [-0.4, -0.2) is 9.97 Å². The van der Waals surface area contributed by atoms with Crippen LogP contribution in [0.25, 0.3) is 10.9 Å². The van der Waals surface area contributed by atoms with E-state index in [1.54, 1.807) is 0 Å². The highest BCUT2D eigenvalue weighted by Gasteiger charge is 2.07. The summed E-state index contributed by atoms with van der Waals surface area (Å²) in [5.41, 5.74) is 4.09. The molecule has 0 spiro atoms. The van der Waals surface area contributed by atoms with E-state index >= 15 is 0 Å². The Labute approximate surface area is 112 Å². The lowest BCUT2D eigenvalue weighted by molar-refractivity contribution is 1.05. The van der Waals surface area contributed by atoms with Gasteiger partial charge in [-0.3, -0.25) is 0 Å². The van der Waals surface area contributed by atoms with Crippen molar-refractivity contribution in [2.45, 2.75) is 13.8 Å². The molecule has 0 radical (unpaired) electrons. The van der Waals surface area contributed by atoms with Gasteiger partial charge in [-0.2, -0.15) is 0 Å². The van der Waals surface area contributed by atoms with Gasteiger partial charge in [0.1, 0.15) is 5.82 Å². The average molecular weight is 249 g/mol. The minimum Gasteiger partial charge on any atom is -0.355 e. The molecular formula is C16H15N3. The second-order valence-corrected chi connectivity index (χ2v) is 4.55. The molecule has 0 saturated heterocycles. The van der Waals surface area contributed by atoms with Crippen LogP contribution < -0.4 is 5.32 Å². The molecule has 3 heteroatoms. The zero-order valence-corrected chi connectivity index (χ0v) is 11.0. The van der Waals surface area contributed by atoms with Gasteiger partial charge in [0.05, 0.1) is 11.2 Å². The van der Waals surface area contributed by atoms with Crippen molar-refractivity contribution in [3.63, 3.8) is 0 Å². The van der Waals surface area contributed by atoms with E-state index in [9.17, 15) is 0 Å². The highest BCUT2D eigenvalue weighted by Crippen LogP contribution is 2.27. The number of aromatic nitrogens is 2. The number of fused-ring (bicyclic) bond motifs is 1. The fraction of sp³-hybridized carbons (Fsp3) is 0.125. The van der Waals surface area contributed by atoms with Crippen LogP contribution >= 0.6 is 0 Å². The normalized spacial score (nSPS) is 10.6. The maximum Gasteiger partial charge on any atom is 0.126 e. The van der Waals surface area contributed by atoms with E-state index in [4.69, 9.17) is 0 Å². The first-order valence-corrected chi connectivity index (χ1v) is 6.30. The van der Waals surface area contributed by atoms with E-state index in [1.807, 2.05) is 56.3 Å². The van der Waals surface area contributed by atoms with E-state index in [1.165, 1.54) is 0 Å². The molecule has 0 fully saturated rings. The number of anilines is 2. The summed E-state index contributed by atoms with van der Waals surface area (Å²) < 4.78 is 0. The topological polar surface area (TPSA) is 37.8 Å². The van der Waals surface area contributed by atoms with E-state index in [0.29, 0.717) is 0 Å². The van der Waals surface area contributed by atoms with Gasteiger partial charge in [0.25, 0.3) is 0 Å². The van der Waals surface area contributed by atoms with Crippen molar-refractivity contribution in [1.29, 1.82) is 0 Å². The molecule has 1 aromatic heterocycles. The molecule has 0 atom stereocenters. The van der Waals surface area contributed by atoms with Crippen LogP contribution in [0.5, 0.6) is 0 Å². The molecule has 94 valence electrons. The number of para-hydroxylation sites is 1. The highest BCUT2D eigenvalue weighted by atomic mass is 14.9. The molecular weight excluding hydrogens is 234 g/mol. The molecule has 3 rings (SSSR count). The molecule has 3 nitrogen and oxygen atoms in total. The Kier molecular flexibility index (Phi) is 2.88. The summed E-state index contributed by atoms with van der Waals surface area (Å²) in [5, 5.41) is 4.51. The number of aryl methyl sites for hydroxylation is 2. The Morgan fingerprint density at radius 2 is 1.63 bits per heavy atom. The third-order valence-electron chi connectivity index (χ3n) is 3.07. The van der Waals surface area contributed by atoms with E-state index < -0.39 is 0 Å². The van der Waals surface area contributed by atoms with Crippen LogP contribution in [-0.2, 0) is 0 Å². The third kappa shape index (κ3) is 2.27. The molecule has 1 N–H and O–H groups in total. The Hall–Kier alpha value is -2.42. The maximum absolute atomic E-state index is 4.49. The predicted octanol–water partition coefficient (Wildman–Crippen LogP) is 3.99. The second-order valence-electron chi connectivity index (χ2n) is 4.55. The molecule has 0 amide bonds. The smallest absolute Gasteiger partial charge is 0.126 e. The van der Waals surface area contributed by atoms with Gasteiger partial charge < -0.3 is 5.32 Å². The lowest BCUT2D eigenvalue weighted by Crippen LogP contribution is -1.97. The summed E-state index contributed by atoms with van der Waals surface area (Å²) in [4.78, 5) is 8.94. The Morgan fingerprint density at radius 1 is 0.842 bits per heavy atom. The number of nitrogens with one attached hydrogen (secondary N) is 1. The first kappa shape index (κ1) is 11.7. The minimum absolute atomic E-state index is 0.807. The lowest BCUT2D eigenvalue weighted by atomic mass is 10.1.